The topological polar surface area (TPSA) is 59.6 Å². The summed E-state index contributed by atoms with van der Waals surface area (Å²) in [5, 5.41) is 3.12. The third kappa shape index (κ3) is 5.20. The van der Waals surface area contributed by atoms with Crippen LogP contribution in [0.4, 0.5) is 0 Å². The first-order valence-corrected chi connectivity index (χ1v) is 7.06. The van der Waals surface area contributed by atoms with E-state index in [0.717, 1.165) is 31.2 Å². The minimum absolute atomic E-state index is 0.562. The largest absolute Gasteiger partial charge is 0.494 e. The molecule has 0 heterocycles. The number of para-hydroxylation sites is 1. The van der Waals surface area contributed by atoms with Gasteiger partial charge < -0.3 is 15.8 Å². The van der Waals surface area contributed by atoms with Gasteiger partial charge in [0.05, 0.1) is 6.61 Å². The van der Waals surface area contributed by atoms with Crippen LogP contribution in [0.25, 0.3) is 0 Å². The van der Waals surface area contributed by atoms with Crippen molar-refractivity contribution in [2.45, 2.75) is 25.7 Å². The zero-order chi connectivity index (χ0) is 13.3. The van der Waals surface area contributed by atoms with Crippen LogP contribution in [0, 0.1) is 5.92 Å². The van der Waals surface area contributed by atoms with Gasteiger partial charge in [-0.25, -0.2) is 0 Å². The molecular weight excluding hydrogens is 238 g/mol. The van der Waals surface area contributed by atoms with Crippen LogP contribution in [0.2, 0.25) is 0 Å². The number of ether oxygens (including phenoxy) is 1. The monoisotopic (exact) mass is 261 g/mol. The number of guanidine groups is 1. The Kier molecular flexibility index (Phi) is 5.53. The van der Waals surface area contributed by atoms with Crippen molar-refractivity contribution in [1.29, 1.82) is 0 Å². The Bertz CT molecular complexity index is 388. The lowest BCUT2D eigenvalue weighted by Gasteiger charge is -2.23. The number of rotatable bonds is 7. The Labute approximate surface area is 115 Å². The van der Waals surface area contributed by atoms with Crippen molar-refractivity contribution in [3.63, 3.8) is 0 Å². The molecule has 0 aliphatic heterocycles. The third-order valence-corrected chi connectivity index (χ3v) is 3.38. The summed E-state index contributed by atoms with van der Waals surface area (Å²) in [5.74, 6) is 2.24. The number of hydrogen-bond acceptors (Lipinski definition) is 2. The fourth-order valence-electron chi connectivity index (χ4n) is 1.95. The Hall–Kier alpha value is -1.71. The van der Waals surface area contributed by atoms with E-state index in [9.17, 15) is 0 Å². The molecule has 3 N–H and O–H groups in total. The quantitative estimate of drug-likeness (QED) is 0.449. The second kappa shape index (κ2) is 7.67. The van der Waals surface area contributed by atoms with Crippen LogP contribution >= 0.6 is 0 Å². The lowest BCUT2D eigenvalue weighted by molar-refractivity contribution is 0.311. The zero-order valence-electron chi connectivity index (χ0n) is 11.3. The minimum Gasteiger partial charge on any atom is -0.494 e. The molecule has 1 fully saturated rings. The highest BCUT2D eigenvalue weighted by molar-refractivity contribution is 5.77. The fourth-order valence-corrected chi connectivity index (χ4v) is 1.95. The van der Waals surface area contributed by atoms with Crippen molar-refractivity contribution in [1.82, 2.24) is 5.32 Å². The molecule has 19 heavy (non-hydrogen) atoms. The van der Waals surface area contributed by atoms with Gasteiger partial charge in [-0.1, -0.05) is 24.6 Å². The summed E-state index contributed by atoms with van der Waals surface area (Å²) < 4.78 is 5.59. The molecule has 0 saturated heterocycles. The summed E-state index contributed by atoms with van der Waals surface area (Å²) in [7, 11) is 0. The molecule has 4 heteroatoms. The van der Waals surface area contributed by atoms with Gasteiger partial charge in [-0.05, 0) is 37.3 Å². The molecule has 1 saturated carbocycles. The first-order valence-electron chi connectivity index (χ1n) is 7.06. The molecule has 0 atom stereocenters. The highest BCUT2D eigenvalue weighted by Crippen LogP contribution is 2.26. The highest BCUT2D eigenvalue weighted by Gasteiger charge is 2.16. The second-order valence-electron chi connectivity index (χ2n) is 4.96. The van der Waals surface area contributed by atoms with Crippen LogP contribution in [0.1, 0.15) is 25.7 Å². The fraction of sp³-hybridized carbons (Fsp3) is 0.533. The Morgan fingerprint density at radius 2 is 2.11 bits per heavy atom. The first-order chi connectivity index (χ1) is 9.34. The maximum absolute atomic E-state index is 5.79. The molecule has 2 rings (SSSR count). The van der Waals surface area contributed by atoms with Gasteiger partial charge >= 0.3 is 0 Å². The smallest absolute Gasteiger partial charge is 0.188 e. The minimum atomic E-state index is 0.562. The molecule has 0 spiro atoms. The van der Waals surface area contributed by atoms with Gasteiger partial charge in [0, 0.05) is 13.1 Å². The van der Waals surface area contributed by atoms with Crippen LogP contribution < -0.4 is 15.8 Å². The van der Waals surface area contributed by atoms with Gasteiger partial charge in [-0.2, -0.15) is 0 Å². The van der Waals surface area contributed by atoms with Gasteiger partial charge in [0.1, 0.15) is 5.75 Å². The number of nitrogens with two attached hydrogens (primary N) is 1. The molecule has 0 unspecified atom stereocenters. The van der Waals surface area contributed by atoms with E-state index in [4.69, 9.17) is 10.5 Å². The predicted molar refractivity (Wildman–Crippen MR) is 78.4 cm³/mol. The van der Waals surface area contributed by atoms with Crippen LogP contribution in [0.3, 0.4) is 0 Å². The Morgan fingerprint density at radius 3 is 2.79 bits per heavy atom. The molecule has 0 bridgehead atoms. The van der Waals surface area contributed by atoms with E-state index >= 15 is 0 Å². The van der Waals surface area contributed by atoms with Crippen LogP contribution in [0.15, 0.2) is 35.3 Å². The number of nitrogens with zero attached hydrogens (tertiary/aromatic N) is 1. The summed E-state index contributed by atoms with van der Waals surface area (Å²) in [6.45, 7) is 2.36. The molecule has 1 aliphatic carbocycles. The number of benzene rings is 1. The standard InChI is InChI=1S/C15H23N3O/c16-15(18-12-13-6-4-7-13)17-10-5-11-19-14-8-2-1-3-9-14/h1-3,8-9,13H,4-7,10-12H2,(H3,16,17,18). The summed E-state index contributed by atoms with van der Waals surface area (Å²) in [5.41, 5.74) is 5.79. The molecule has 0 aromatic heterocycles. The average Bonchev–Trinajstić information content (AvgIpc) is 2.38. The molecule has 1 aliphatic rings. The van der Waals surface area contributed by atoms with Crippen molar-refractivity contribution in [2.24, 2.45) is 16.6 Å². The van der Waals surface area contributed by atoms with Crippen LogP contribution in [0.5, 0.6) is 5.75 Å². The average molecular weight is 261 g/mol. The van der Waals surface area contributed by atoms with Gasteiger partial charge in [0.25, 0.3) is 0 Å². The van der Waals surface area contributed by atoms with E-state index < -0.39 is 0 Å². The molecule has 4 nitrogen and oxygen atoms in total. The van der Waals surface area contributed by atoms with Crippen LogP contribution in [-0.2, 0) is 0 Å². The number of hydrogen-bond donors (Lipinski definition) is 2. The number of aliphatic imine (C=N–C) groups is 1. The summed E-state index contributed by atoms with van der Waals surface area (Å²) in [6, 6.07) is 9.84. The van der Waals surface area contributed by atoms with Crippen molar-refractivity contribution >= 4 is 5.96 Å². The second-order valence-corrected chi connectivity index (χ2v) is 4.96. The molecule has 1 aromatic rings. The lowest BCUT2D eigenvalue weighted by Crippen LogP contribution is -2.34. The zero-order valence-corrected chi connectivity index (χ0v) is 11.3. The van der Waals surface area contributed by atoms with E-state index in [-0.39, 0.29) is 0 Å². The highest BCUT2D eigenvalue weighted by atomic mass is 16.5. The predicted octanol–water partition coefficient (Wildman–Crippen LogP) is 2.16. The Balaban J connectivity index is 1.51. The van der Waals surface area contributed by atoms with E-state index in [0.29, 0.717) is 12.6 Å². The van der Waals surface area contributed by atoms with Crippen molar-refractivity contribution < 1.29 is 4.74 Å². The first kappa shape index (κ1) is 13.7. The van der Waals surface area contributed by atoms with E-state index in [1.54, 1.807) is 0 Å². The van der Waals surface area contributed by atoms with Gasteiger partial charge in [-0.15, -0.1) is 0 Å². The van der Waals surface area contributed by atoms with E-state index in [1.165, 1.54) is 19.3 Å². The van der Waals surface area contributed by atoms with Crippen molar-refractivity contribution in [2.75, 3.05) is 19.7 Å². The molecular formula is C15H23N3O. The lowest BCUT2D eigenvalue weighted by atomic mass is 9.86. The normalized spacial score (nSPS) is 15.9. The summed E-state index contributed by atoms with van der Waals surface area (Å²) >= 11 is 0. The maximum Gasteiger partial charge on any atom is 0.188 e. The van der Waals surface area contributed by atoms with E-state index in [1.807, 2.05) is 30.3 Å². The summed E-state index contributed by atoms with van der Waals surface area (Å²) in [6.07, 6.45) is 4.88. The van der Waals surface area contributed by atoms with Crippen molar-refractivity contribution in [3.05, 3.63) is 30.3 Å². The SMILES string of the molecule is NC(=NCC1CCC1)NCCCOc1ccccc1. The van der Waals surface area contributed by atoms with E-state index in [2.05, 4.69) is 10.3 Å². The molecule has 0 radical (unpaired) electrons. The summed E-state index contributed by atoms with van der Waals surface area (Å²) in [4.78, 5) is 4.34. The maximum atomic E-state index is 5.79. The van der Waals surface area contributed by atoms with Gasteiger partial charge in [-0.3, -0.25) is 4.99 Å². The van der Waals surface area contributed by atoms with Crippen LogP contribution in [-0.4, -0.2) is 25.7 Å². The number of nitrogens with one attached hydrogen (secondary N) is 1. The van der Waals surface area contributed by atoms with Gasteiger partial charge in [0.2, 0.25) is 0 Å². The molecule has 1 aromatic carbocycles. The third-order valence-electron chi connectivity index (χ3n) is 3.38. The molecule has 0 amide bonds. The van der Waals surface area contributed by atoms with Gasteiger partial charge in [0.15, 0.2) is 5.96 Å². The Morgan fingerprint density at radius 1 is 1.32 bits per heavy atom. The molecule has 104 valence electrons. The van der Waals surface area contributed by atoms with Crippen molar-refractivity contribution in [3.8, 4) is 5.75 Å².